The van der Waals surface area contributed by atoms with Gasteiger partial charge >= 0.3 is 12.0 Å². The van der Waals surface area contributed by atoms with E-state index in [4.69, 9.17) is 5.11 Å². The van der Waals surface area contributed by atoms with Crippen LogP contribution in [-0.4, -0.2) is 41.7 Å². The fraction of sp³-hybridized carbons (Fsp3) is 0.857. The minimum atomic E-state index is -0.972. The van der Waals surface area contributed by atoms with Crippen LogP contribution in [0.3, 0.4) is 0 Å². The van der Waals surface area contributed by atoms with Crippen molar-refractivity contribution in [1.29, 1.82) is 0 Å². The Labute approximate surface area is 125 Å². The Bertz CT molecular complexity index is 318. The normalized spacial score (nSPS) is 23.9. The van der Waals surface area contributed by atoms with Crippen molar-refractivity contribution in [3.8, 4) is 0 Å². The van der Waals surface area contributed by atoms with Gasteiger partial charge in [-0.3, -0.25) is 0 Å². The number of aliphatic carboxylic acids is 1. The lowest BCUT2D eigenvalue weighted by atomic mass is 9.83. The predicted octanol–water partition coefficient (Wildman–Crippen LogP) is 2.32. The lowest BCUT2D eigenvalue weighted by molar-refractivity contribution is -0.139. The average Bonchev–Trinajstić information content (AvgIpc) is 2.42. The van der Waals surface area contributed by atoms with Crippen LogP contribution in [0.1, 0.15) is 39.0 Å². The molecule has 1 rings (SSSR count). The lowest BCUT2D eigenvalue weighted by Crippen LogP contribution is -2.47. The molecule has 0 bridgehead atoms. The van der Waals surface area contributed by atoms with E-state index < -0.39 is 12.0 Å². The first kappa shape index (κ1) is 17.1. The van der Waals surface area contributed by atoms with E-state index in [2.05, 4.69) is 17.6 Å². The van der Waals surface area contributed by atoms with E-state index in [0.29, 0.717) is 18.9 Å². The summed E-state index contributed by atoms with van der Waals surface area (Å²) in [6.07, 6.45) is 7.11. The molecule has 1 atom stereocenters. The Balaban J connectivity index is 2.25. The number of rotatable bonds is 7. The van der Waals surface area contributed by atoms with Gasteiger partial charge in [-0.15, -0.1) is 0 Å². The predicted molar refractivity (Wildman–Crippen MR) is 82.1 cm³/mol. The number of carbonyl (C=O) groups excluding carboxylic acids is 1. The number of urea groups is 1. The van der Waals surface area contributed by atoms with Crippen LogP contribution in [0.25, 0.3) is 0 Å². The minimum Gasteiger partial charge on any atom is -0.480 e. The monoisotopic (exact) mass is 302 g/mol. The Morgan fingerprint density at radius 1 is 1.30 bits per heavy atom. The molecule has 6 heteroatoms. The standard InChI is InChI=1S/C14H26N2O3S/c1-10-3-5-11(6-4-10)9-15-14(19)16-12(13(17)18)7-8-20-2/h10-12H,3-9H2,1-2H3,(H,17,18)(H2,15,16,19)/t10?,11?,12-/m0/s1. The third kappa shape index (κ3) is 6.50. The maximum Gasteiger partial charge on any atom is 0.326 e. The molecule has 0 spiro atoms. The number of carboxylic acid groups (broad SMARTS) is 1. The Hall–Kier alpha value is -0.910. The van der Waals surface area contributed by atoms with E-state index in [1.807, 2.05) is 6.26 Å². The highest BCUT2D eigenvalue weighted by Crippen LogP contribution is 2.27. The molecule has 1 aliphatic rings. The van der Waals surface area contributed by atoms with Crippen molar-refractivity contribution in [3.05, 3.63) is 0 Å². The van der Waals surface area contributed by atoms with Crippen LogP contribution < -0.4 is 10.6 Å². The van der Waals surface area contributed by atoms with Gasteiger partial charge in [-0.25, -0.2) is 9.59 Å². The van der Waals surface area contributed by atoms with E-state index in [-0.39, 0.29) is 6.03 Å². The van der Waals surface area contributed by atoms with E-state index in [1.54, 1.807) is 11.8 Å². The molecule has 1 aliphatic carbocycles. The summed E-state index contributed by atoms with van der Waals surface area (Å²) in [6, 6.07) is -1.16. The van der Waals surface area contributed by atoms with Crippen molar-refractivity contribution in [3.63, 3.8) is 0 Å². The number of thioether (sulfide) groups is 1. The molecule has 1 fully saturated rings. The van der Waals surface area contributed by atoms with Crippen LogP contribution in [0.2, 0.25) is 0 Å². The van der Waals surface area contributed by atoms with Gasteiger partial charge < -0.3 is 15.7 Å². The summed E-state index contributed by atoms with van der Waals surface area (Å²) in [5.74, 6) is 1.08. The molecule has 0 radical (unpaired) electrons. The zero-order valence-electron chi connectivity index (χ0n) is 12.4. The van der Waals surface area contributed by atoms with Crippen LogP contribution in [-0.2, 0) is 4.79 Å². The molecule has 0 aliphatic heterocycles. The molecule has 5 nitrogen and oxygen atoms in total. The van der Waals surface area contributed by atoms with Crippen LogP contribution in [0.15, 0.2) is 0 Å². The van der Waals surface area contributed by atoms with Crippen LogP contribution >= 0.6 is 11.8 Å². The van der Waals surface area contributed by atoms with Gasteiger partial charge in [0.2, 0.25) is 0 Å². The molecule has 0 aromatic carbocycles. The van der Waals surface area contributed by atoms with E-state index in [1.165, 1.54) is 12.8 Å². The zero-order valence-corrected chi connectivity index (χ0v) is 13.2. The van der Waals surface area contributed by atoms with Gasteiger partial charge in [0.05, 0.1) is 0 Å². The first-order valence-electron chi connectivity index (χ1n) is 7.29. The molecular formula is C14H26N2O3S. The fourth-order valence-corrected chi connectivity index (χ4v) is 2.94. The number of hydrogen-bond donors (Lipinski definition) is 3. The van der Waals surface area contributed by atoms with Crippen molar-refractivity contribution in [2.45, 2.75) is 45.1 Å². The first-order chi connectivity index (χ1) is 9.52. The molecule has 2 amide bonds. The summed E-state index contributed by atoms with van der Waals surface area (Å²) in [5.41, 5.74) is 0. The highest BCUT2D eigenvalue weighted by molar-refractivity contribution is 7.98. The molecule has 0 aromatic heterocycles. The Kier molecular flexibility index (Phi) is 7.80. The van der Waals surface area contributed by atoms with Crippen molar-refractivity contribution in [2.75, 3.05) is 18.6 Å². The number of amides is 2. The molecule has 1 saturated carbocycles. The van der Waals surface area contributed by atoms with Gasteiger partial charge in [0.15, 0.2) is 0 Å². The van der Waals surface area contributed by atoms with Gasteiger partial charge in [0.1, 0.15) is 6.04 Å². The number of nitrogens with one attached hydrogen (secondary N) is 2. The highest BCUT2D eigenvalue weighted by Gasteiger charge is 2.21. The molecule has 3 N–H and O–H groups in total. The number of carbonyl (C=O) groups is 2. The van der Waals surface area contributed by atoms with Crippen LogP contribution in [0.4, 0.5) is 4.79 Å². The summed E-state index contributed by atoms with van der Waals surface area (Å²) >= 11 is 1.58. The largest absolute Gasteiger partial charge is 0.480 e. The summed E-state index contributed by atoms with van der Waals surface area (Å²) in [6.45, 7) is 2.91. The Morgan fingerprint density at radius 2 is 1.95 bits per heavy atom. The second kappa shape index (κ2) is 9.10. The maximum absolute atomic E-state index is 11.7. The van der Waals surface area contributed by atoms with Crippen molar-refractivity contribution in [1.82, 2.24) is 10.6 Å². The van der Waals surface area contributed by atoms with Crippen LogP contribution in [0, 0.1) is 11.8 Å². The third-order valence-electron chi connectivity index (χ3n) is 3.90. The van der Waals surface area contributed by atoms with Gasteiger partial charge in [-0.2, -0.15) is 11.8 Å². The van der Waals surface area contributed by atoms with Crippen molar-refractivity contribution in [2.24, 2.45) is 11.8 Å². The van der Waals surface area contributed by atoms with Gasteiger partial charge in [-0.05, 0) is 43.1 Å². The molecule has 20 heavy (non-hydrogen) atoms. The molecule has 0 heterocycles. The highest BCUT2D eigenvalue weighted by atomic mass is 32.2. The molecular weight excluding hydrogens is 276 g/mol. The lowest BCUT2D eigenvalue weighted by Gasteiger charge is -2.26. The molecule has 0 aromatic rings. The second-order valence-corrected chi connectivity index (χ2v) is 6.64. The number of carboxylic acids is 1. The molecule has 116 valence electrons. The average molecular weight is 302 g/mol. The van der Waals surface area contributed by atoms with Gasteiger partial charge in [0, 0.05) is 6.54 Å². The SMILES string of the molecule is CSCC[C@H](NC(=O)NCC1CCC(C)CC1)C(=O)O. The fourth-order valence-electron chi connectivity index (χ4n) is 2.47. The van der Waals surface area contributed by atoms with E-state index in [0.717, 1.165) is 24.5 Å². The summed E-state index contributed by atoms with van der Waals surface area (Å²) in [5, 5.41) is 14.4. The molecule has 0 saturated heterocycles. The molecule has 0 unspecified atom stereocenters. The topological polar surface area (TPSA) is 78.4 Å². The minimum absolute atomic E-state index is 0.364. The van der Waals surface area contributed by atoms with Gasteiger partial charge in [0.25, 0.3) is 0 Å². The first-order valence-corrected chi connectivity index (χ1v) is 8.68. The summed E-state index contributed by atoms with van der Waals surface area (Å²) in [7, 11) is 0. The second-order valence-electron chi connectivity index (χ2n) is 5.65. The smallest absolute Gasteiger partial charge is 0.326 e. The number of hydrogen-bond acceptors (Lipinski definition) is 3. The summed E-state index contributed by atoms with van der Waals surface area (Å²) < 4.78 is 0. The van der Waals surface area contributed by atoms with E-state index >= 15 is 0 Å². The maximum atomic E-state index is 11.7. The van der Waals surface area contributed by atoms with Crippen LogP contribution in [0.5, 0.6) is 0 Å². The summed E-state index contributed by atoms with van der Waals surface area (Å²) in [4.78, 5) is 22.8. The Morgan fingerprint density at radius 3 is 2.50 bits per heavy atom. The van der Waals surface area contributed by atoms with Crippen molar-refractivity contribution >= 4 is 23.8 Å². The van der Waals surface area contributed by atoms with Gasteiger partial charge in [-0.1, -0.05) is 19.8 Å². The van der Waals surface area contributed by atoms with Crippen molar-refractivity contribution < 1.29 is 14.7 Å². The van der Waals surface area contributed by atoms with E-state index in [9.17, 15) is 9.59 Å². The quantitative estimate of drug-likeness (QED) is 0.674. The zero-order chi connectivity index (χ0) is 15.0. The third-order valence-corrected chi connectivity index (χ3v) is 4.54.